The van der Waals surface area contributed by atoms with Crippen LogP contribution in [0.1, 0.15) is 0 Å². The summed E-state index contributed by atoms with van der Waals surface area (Å²) in [5.74, 6) is 5.73. The predicted octanol–water partition coefficient (Wildman–Crippen LogP) is 0.754. The van der Waals surface area contributed by atoms with Crippen molar-refractivity contribution in [1.82, 2.24) is 4.90 Å². The fraction of sp³-hybridized carbons (Fsp3) is 0.556. The third-order valence-electron chi connectivity index (χ3n) is 1.23. The number of ether oxygens (including phenoxy) is 1. The van der Waals surface area contributed by atoms with E-state index in [1.807, 2.05) is 7.05 Å². The molecule has 0 atom stereocenters. The van der Waals surface area contributed by atoms with E-state index < -0.39 is 0 Å². The van der Waals surface area contributed by atoms with Crippen LogP contribution in [0.4, 0.5) is 0 Å². The van der Waals surface area contributed by atoms with Gasteiger partial charge in [0.15, 0.2) is 0 Å². The Morgan fingerprint density at radius 2 is 2.36 bits per heavy atom. The molecular formula is C9H15NO. The number of nitrogens with zero attached hydrogens (tertiary/aromatic N) is 1. The number of hydrogen-bond acceptors (Lipinski definition) is 2. The Hall–Kier alpha value is -0.780. The van der Waals surface area contributed by atoms with E-state index in [0.29, 0.717) is 0 Å². The van der Waals surface area contributed by atoms with Gasteiger partial charge in [-0.25, -0.2) is 0 Å². The highest BCUT2D eigenvalue weighted by Gasteiger charge is 1.92. The Kier molecular flexibility index (Phi) is 6.81. The summed E-state index contributed by atoms with van der Waals surface area (Å²) in [4.78, 5) is 2.10. The Balaban J connectivity index is 3.35. The normalized spacial score (nSPS) is 9.00. The number of allylic oxidation sites excluding steroid dienone is 1. The van der Waals surface area contributed by atoms with Gasteiger partial charge in [0.25, 0.3) is 0 Å². The first-order valence-electron chi connectivity index (χ1n) is 3.58. The van der Waals surface area contributed by atoms with Crippen molar-refractivity contribution < 1.29 is 4.74 Å². The first kappa shape index (κ1) is 10.2. The maximum atomic E-state index is 4.91. The molecule has 0 fully saturated rings. The fourth-order valence-corrected chi connectivity index (χ4v) is 0.579. The van der Waals surface area contributed by atoms with Crippen LogP contribution in [-0.2, 0) is 4.74 Å². The van der Waals surface area contributed by atoms with E-state index in [2.05, 4.69) is 23.3 Å². The minimum Gasteiger partial charge on any atom is -0.383 e. The molecule has 0 saturated carbocycles. The molecule has 0 unspecified atom stereocenters. The van der Waals surface area contributed by atoms with Crippen LogP contribution in [0.3, 0.4) is 0 Å². The highest BCUT2D eigenvalue weighted by atomic mass is 16.5. The van der Waals surface area contributed by atoms with Crippen LogP contribution in [0.5, 0.6) is 0 Å². The van der Waals surface area contributed by atoms with Crippen molar-refractivity contribution in [2.45, 2.75) is 0 Å². The minimum absolute atomic E-state index is 0.756. The molecule has 0 aromatic heterocycles. The van der Waals surface area contributed by atoms with Crippen molar-refractivity contribution in [3.05, 3.63) is 12.7 Å². The molecular weight excluding hydrogens is 138 g/mol. The average Bonchev–Trinajstić information content (AvgIpc) is 2.01. The monoisotopic (exact) mass is 153 g/mol. The van der Waals surface area contributed by atoms with Gasteiger partial charge in [-0.2, -0.15) is 0 Å². The van der Waals surface area contributed by atoms with Crippen LogP contribution in [-0.4, -0.2) is 38.8 Å². The Morgan fingerprint density at radius 1 is 1.64 bits per heavy atom. The molecule has 0 spiro atoms. The van der Waals surface area contributed by atoms with Crippen molar-refractivity contribution >= 4 is 0 Å². The van der Waals surface area contributed by atoms with Crippen molar-refractivity contribution in [3.63, 3.8) is 0 Å². The molecule has 0 heterocycles. The summed E-state index contributed by atoms with van der Waals surface area (Å²) in [7, 11) is 3.71. The molecule has 62 valence electrons. The van der Waals surface area contributed by atoms with E-state index in [1.54, 1.807) is 13.2 Å². The van der Waals surface area contributed by atoms with E-state index in [4.69, 9.17) is 4.74 Å². The average molecular weight is 153 g/mol. The van der Waals surface area contributed by atoms with Crippen molar-refractivity contribution in [2.75, 3.05) is 33.9 Å². The molecule has 11 heavy (non-hydrogen) atoms. The van der Waals surface area contributed by atoms with Crippen LogP contribution >= 0.6 is 0 Å². The van der Waals surface area contributed by atoms with Gasteiger partial charge in [-0.15, -0.1) is 0 Å². The van der Waals surface area contributed by atoms with Crippen molar-refractivity contribution in [3.8, 4) is 11.8 Å². The highest BCUT2D eigenvalue weighted by molar-refractivity contribution is 5.12. The quantitative estimate of drug-likeness (QED) is 0.553. The first-order chi connectivity index (χ1) is 5.31. The van der Waals surface area contributed by atoms with E-state index >= 15 is 0 Å². The molecule has 0 rings (SSSR count). The smallest absolute Gasteiger partial charge is 0.0603 e. The second kappa shape index (κ2) is 7.33. The number of likely N-dealkylation sites (N-methyl/N-ethyl adjacent to an activating group) is 1. The molecule has 0 radical (unpaired) electrons. The lowest BCUT2D eigenvalue weighted by Gasteiger charge is -2.11. The summed E-state index contributed by atoms with van der Waals surface area (Å²) >= 11 is 0. The van der Waals surface area contributed by atoms with Crippen LogP contribution in [0.25, 0.3) is 0 Å². The zero-order chi connectivity index (χ0) is 8.53. The van der Waals surface area contributed by atoms with Crippen molar-refractivity contribution in [1.29, 1.82) is 0 Å². The lowest BCUT2D eigenvalue weighted by molar-refractivity contribution is 0.167. The van der Waals surface area contributed by atoms with Gasteiger partial charge >= 0.3 is 0 Å². The molecule has 0 N–H and O–H groups in total. The molecule has 0 aromatic rings. The number of methoxy groups -OCH3 is 1. The van der Waals surface area contributed by atoms with Gasteiger partial charge in [-0.3, -0.25) is 4.90 Å². The molecule has 0 aliphatic carbocycles. The molecule has 2 heteroatoms. The van der Waals surface area contributed by atoms with Crippen LogP contribution in [0, 0.1) is 11.8 Å². The van der Waals surface area contributed by atoms with Gasteiger partial charge < -0.3 is 4.74 Å². The Bertz CT molecular complexity index is 155. The molecule has 0 saturated heterocycles. The fourth-order valence-electron chi connectivity index (χ4n) is 0.579. The third kappa shape index (κ3) is 7.11. The first-order valence-corrected chi connectivity index (χ1v) is 3.58. The summed E-state index contributed by atoms with van der Waals surface area (Å²) in [6.45, 7) is 5.95. The van der Waals surface area contributed by atoms with Gasteiger partial charge in [-0.05, 0) is 13.1 Å². The summed E-state index contributed by atoms with van der Waals surface area (Å²) in [5.41, 5.74) is 0. The number of rotatable bonds is 4. The molecule has 0 aliphatic rings. The van der Waals surface area contributed by atoms with Crippen molar-refractivity contribution in [2.24, 2.45) is 0 Å². The summed E-state index contributed by atoms with van der Waals surface area (Å²) < 4.78 is 4.91. The lowest BCUT2D eigenvalue weighted by atomic mass is 10.5. The molecule has 0 amide bonds. The topological polar surface area (TPSA) is 12.5 Å². The minimum atomic E-state index is 0.756. The SMILES string of the molecule is C=CC#CCN(C)CCOC. The summed E-state index contributed by atoms with van der Waals surface area (Å²) in [5, 5.41) is 0. The van der Waals surface area contributed by atoms with Gasteiger partial charge in [-0.1, -0.05) is 18.4 Å². The summed E-state index contributed by atoms with van der Waals surface area (Å²) in [6, 6.07) is 0. The largest absolute Gasteiger partial charge is 0.383 e. The van der Waals surface area contributed by atoms with Gasteiger partial charge in [0, 0.05) is 13.7 Å². The zero-order valence-electron chi connectivity index (χ0n) is 7.26. The maximum absolute atomic E-state index is 4.91. The predicted molar refractivity (Wildman–Crippen MR) is 47.3 cm³/mol. The molecule has 2 nitrogen and oxygen atoms in total. The maximum Gasteiger partial charge on any atom is 0.0603 e. The van der Waals surface area contributed by atoms with Gasteiger partial charge in [0.05, 0.1) is 13.2 Å². The zero-order valence-corrected chi connectivity index (χ0v) is 7.26. The van der Waals surface area contributed by atoms with E-state index in [-0.39, 0.29) is 0 Å². The second-order valence-corrected chi connectivity index (χ2v) is 2.26. The van der Waals surface area contributed by atoms with Crippen LogP contribution < -0.4 is 0 Å². The van der Waals surface area contributed by atoms with Gasteiger partial charge in [0.1, 0.15) is 0 Å². The highest BCUT2D eigenvalue weighted by Crippen LogP contribution is 1.79. The lowest BCUT2D eigenvalue weighted by Crippen LogP contribution is -2.22. The van der Waals surface area contributed by atoms with Gasteiger partial charge in [0.2, 0.25) is 0 Å². The third-order valence-corrected chi connectivity index (χ3v) is 1.23. The van der Waals surface area contributed by atoms with E-state index in [1.165, 1.54) is 0 Å². The molecule has 0 bridgehead atoms. The van der Waals surface area contributed by atoms with Crippen LogP contribution in [0.15, 0.2) is 12.7 Å². The van der Waals surface area contributed by atoms with Crippen LogP contribution in [0.2, 0.25) is 0 Å². The van der Waals surface area contributed by atoms with E-state index in [0.717, 1.165) is 19.7 Å². The number of hydrogen-bond donors (Lipinski definition) is 0. The summed E-state index contributed by atoms with van der Waals surface area (Å²) in [6.07, 6.45) is 1.60. The Labute approximate surface area is 68.8 Å². The standard InChI is InChI=1S/C9H15NO/c1-4-5-6-7-10(2)8-9-11-3/h4H,1,7-9H2,2-3H3. The molecule has 0 aromatic carbocycles. The Morgan fingerprint density at radius 3 is 2.91 bits per heavy atom. The van der Waals surface area contributed by atoms with E-state index in [9.17, 15) is 0 Å². The molecule has 0 aliphatic heterocycles. The second-order valence-electron chi connectivity index (χ2n) is 2.26.